The van der Waals surface area contributed by atoms with E-state index in [1.807, 2.05) is 44.2 Å². The lowest BCUT2D eigenvalue weighted by atomic mass is 10.1. The van der Waals surface area contributed by atoms with Crippen molar-refractivity contribution in [1.82, 2.24) is 9.88 Å². The van der Waals surface area contributed by atoms with Gasteiger partial charge in [0, 0.05) is 18.8 Å². The van der Waals surface area contributed by atoms with Gasteiger partial charge < -0.3 is 9.88 Å². The molecule has 1 aromatic heterocycles. The second-order valence-electron chi connectivity index (χ2n) is 5.07. The highest BCUT2D eigenvalue weighted by Crippen LogP contribution is 2.13. The van der Waals surface area contributed by atoms with Crippen LogP contribution in [-0.4, -0.2) is 21.8 Å². The molecule has 0 radical (unpaired) electrons. The summed E-state index contributed by atoms with van der Waals surface area (Å²) < 4.78 is 0. The maximum absolute atomic E-state index is 12.6. The first-order chi connectivity index (χ1) is 9.99. The van der Waals surface area contributed by atoms with Gasteiger partial charge in [0.2, 0.25) is 0 Å². The molecule has 5 heteroatoms. The minimum Gasteiger partial charge on any atom is -0.332 e. The number of aromatic amines is 1. The lowest BCUT2D eigenvalue weighted by Crippen LogP contribution is -2.39. The van der Waals surface area contributed by atoms with E-state index >= 15 is 0 Å². The first kappa shape index (κ1) is 15.3. The SMILES string of the molecule is CC(C)N(Cc1ccccc1)C(=O)c1cc(Cl)c[nH]c1=O. The molecule has 0 aliphatic rings. The number of pyridine rings is 1. The van der Waals surface area contributed by atoms with Crippen molar-refractivity contribution in [1.29, 1.82) is 0 Å². The molecule has 1 heterocycles. The number of amides is 1. The molecule has 4 nitrogen and oxygen atoms in total. The molecule has 0 saturated heterocycles. The van der Waals surface area contributed by atoms with Crippen molar-refractivity contribution in [2.75, 3.05) is 0 Å². The number of benzene rings is 1. The number of nitrogens with one attached hydrogen (secondary N) is 1. The minimum atomic E-state index is -0.428. The van der Waals surface area contributed by atoms with Crippen LogP contribution < -0.4 is 5.56 Å². The van der Waals surface area contributed by atoms with Gasteiger partial charge >= 0.3 is 0 Å². The highest BCUT2D eigenvalue weighted by atomic mass is 35.5. The molecule has 0 fully saturated rings. The van der Waals surface area contributed by atoms with Gasteiger partial charge in [-0.2, -0.15) is 0 Å². The topological polar surface area (TPSA) is 53.2 Å². The maximum atomic E-state index is 12.6. The van der Waals surface area contributed by atoms with Crippen LogP contribution in [0.3, 0.4) is 0 Å². The van der Waals surface area contributed by atoms with Crippen LogP contribution in [0, 0.1) is 0 Å². The fraction of sp³-hybridized carbons (Fsp3) is 0.250. The average molecular weight is 305 g/mol. The Morgan fingerprint density at radius 2 is 1.95 bits per heavy atom. The van der Waals surface area contributed by atoms with Crippen LogP contribution in [0.1, 0.15) is 29.8 Å². The van der Waals surface area contributed by atoms with Crippen molar-refractivity contribution in [3.05, 3.63) is 69.1 Å². The van der Waals surface area contributed by atoms with Gasteiger partial charge in [-0.3, -0.25) is 9.59 Å². The number of aromatic nitrogens is 1. The Hall–Kier alpha value is -2.07. The Bertz CT molecular complexity index is 680. The number of carbonyl (C=O) groups excluding carboxylic acids is 1. The van der Waals surface area contributed by atoms with E-state index in [0.717, 1.165) is 5.56 Å². The number of rotatable bonds is 4. The molecule has 1 N–H and O–H groups in total. The summed E-state index contributed by atoms with van der Waals surface area (Å²) >= 11 is 5.86. The second kappa shape index (κ2) is 6.59. The molecule has 2 rings (SSSR count). The van der Waals surface area contributed by atoms with E-state index in [1.54, 1.807) is 4.90 Å². The van der Waals surface area contributed by atoms with Crippen molar-refractivity contribution in [2.24, 2.45) is 0 Å². The van der Waals surface area contributed by atoms with E-state index in [2.05, 4.69) is 4.98 Å². The molecule has 0 spiro atoms. The van der Waals surface area contributed by atoms with Gasteiger partial charge in [0.25, 0.3) is 11.5 Å². The molecule has 1 amide bonds. The minimum absolute atomic E-state index is 0.0314. The lowest BCUT2D eigenvalue weighted by Gasteiger charge is -2.26. The lowest BCUT2D eigenvalue weighted by molar-refractivity contribution is 0.0688. The van der Waals surface area contributed by atoms with Gasteiger partial charge in [-0.15, -0.1) is 0 Å². The van der Waals surface area contributed by atoms with Crippen molar-refractivity contribution in [3.8, 4) is 0 Å². The zero-order chi connectivity index (χ0) is 15.4. The molecule has 21 heavy (non-hydrogen) atoms. The van der Waals surface area contributed by atoms with E-state index in [0.29, 0.717) is 11.6 Å². The van der Waals surface area contributed by atoms with E-state index in [9.17, 15) is 9.59 Å². The second-order valence-corrected chi connectivity index (χ2v) is 5.51. The number of hydrogen-bond donors (Lipinski definition) is 1. The predicted molar refractivity (Wildman–Crippen MR) is 83.5 cm³/mol. The smallest absolute Gasteiger partial charge is 0.260 e. The highest BCUT2D eigenvalue weighted by Gasteiger charge is 2.21. The Balaban J connectivity index is 2.32. The van der Waals surface area contributed by atoms with Crippen LogP contribution in [0.15, 0.2) is 47.4 Å². The normalized spacial score (nSPS) is 10.7. The largest absolute Gasteiger partial charge is 0.332 e. The number of hydrogen-bond acceptors (Lipinski definition) is 2. The van der Waals surface area contributed by atoms with Crippen LogP contribution in [0.5, 0.6) is 0 Å². The third-order valence-corrected chi connectivity index (χ3v) is 3.40. The van der Waals surface area contributed by atoms with E-state index in [-0.39, 0.29) is 17.5 Å². The molecule has 1 aromatic carbocycles. The summed E-state index contributed by atoms with van der Waals surface area (Å²) in [7, 11) is 0. The zero-order valence-corrected chi connectivity index (χ0v) is 12.7. The Kier molecular flexibility index (Phi) is 4.81. The van der Waals surface area contributed by atoms with Crippen LogP contribution in [-0.2, 0) is 6.54 Å². The molecule has 0 unspecified atom stereocenters. The zero-order valence-electron chi connectivity index (χ0n) is 12.0. The third-order valence-electron chi connectivity index (χ3n) is 3.18. The predicted octanol–water partition coefficient (Wildman–Crippen LogP) is 3.08. The van der Waals surface area contributed by atoms with Crippen LogP contribution in [0.4, 0.5) is 0 Å². The maximum Gasteiger partial charge on any atom is 0.260 e. The molecule has 110 valence electrons. The Morgan fingerprint density at radius 3 is 2.57 bits per heavy atom. The van der Waals surface area contributed by atoms with E-state index in [1.165, 1.54) is 12.3 Å². The van der Waals surface area contributed by atoms with Gasteiger partial charge in [0.1, 0.15) is 5.56 Å². The van der Waals surface area contributed by atoms with Gasteiger partial charge in [0.15, 0.2) is 0 Å². The number of halogens is 1. The Morgan fingerprint density at radius 1 is 1.29 bits per heavy atom. The van der Waals surface area contributed by atoms with Crippen molar-refractivity contribution >= 4 is 17.5 Å². The highest BCUT2D eigenvalue weighted by molar-refractivity contribution is 6.30. The summed E-state index contributed by atoms with van der Waals surface area (Å²) in [6.45, 7) is 4.28. The standard InChI is InChI=1S/C16H17ClN2O2/c1-11(2)19(10-12-6-4-3-5-7-12)16(21)14-8-13(17)9-18-15(14)20/h3-9,11H,10H2,1-2H3,(H,18,20). The van der Waals surface area contributed by atoms with E-state index in [4.69, 9.17) is 11.6 Å². The monoisotopic (exact) mass is 304 g/mol. The molecule has 0 saturated carbocycles. The first-order valence-electron chi connectivity index (χ1n) is 6.72. The fourth-order valence-electron chi connectivity index (χ4n) is 2.04. The third kappa shape index (κ3) is 3.73. The molecule has 0 atom stereocenters. The van der Waals surface area contributed by atoms with Gasteiger partial charge in [0.05, 0.1) is 5.02 Å². The van der Waals surface area contributed by atoms with Crippen molar-refractivity contribution in [3.63, 3.8) is 0 Å². The summed E-state index contributed by atoms with van der Waals surface area (Å²) in [5.74, 6) is -0.322. The summed E-state index contributed by atoms with van der Waals surface area (Å²) in [6, 6.07) is 11.0. The summed E-state index contributed by atoms with van der Waals surface area (Å²) in [5.41, 5.74) is 0.647. The summed E-state index contributed by atoms with van der Waals surface area (Å²) in [6.07, 6.45) is 1.37. The molecular formula is C16H17ClN2O2. The quantitative estimate of drug-likeness (QED) is 0.943. The molecular weight excluding hydrogens is 288 g/mol. The van der Waals surface area contributed by atoms with Crippen LogP contribution in [0.2, 0.25) is 5.02 Å². The average Bonchev–Trinajstić information content (AvgIpc) is 2.47. The van der Waals surface area contributed by atoms with Gasteiger partial charge in [-0.1, -0.05) is 41.9 Å². The number of nitrogens with zero attached hydrogens (tertiary/aromatic N) is 1. The molecule has 2 aromatic rings. The van der Waals surface area contributed by atoms with Crippen molar-refractivity contribution in [2.45, 2.75) is 26.4 Å². The molecule has 0 aliphatic carbocycles. The van der Waals surface area contributed by atoms with Crippen LogP contribution in [0.25, 0.3) is 0 Å². The number of H-pyrrole nitrogens is 1. The van der Waals surface area contributed by atoms with E-state index < -0.39 is 5.56 Å². The van der Waals surface area contributed by atoms with Gasteiger partial charge in [-0.25, -0.2) is 0 Å². The Labute approximate surface area is 128 Å². The fourth-order valence-corrected chi connectivity index (χ4v) is 2.20. The molecule has 0 aliphatic heterocycles. The number of carbonyl (C=O) groups is 1. The molecule has 0 bridgehead atoms. The van der Waals surface area contributed by atoms with Gasteiger partial charge in [-0.05, 0) is 25.5 Å². The van der Waals surface area contributed by atoms with Crippen LogP contribution >= 0.6 is 11.6 Å². The summed E-state index contributed by atoms with van der Waals surface area (Å²) in [5, 5.41) is 0.335. The first-order valence-corrected chi connectivity index (χ1v) is 7.10. The van der Waals surface area contributed by atoms with Crippen molar-refractivity contribution < 1.29 is 4.79 Å². The summed E-state index contributed by atoms with van der Waals surface area (Å²) in [4.78, 5) is 28.6.